The van der Waals surface area contributed by atoms with E-state index in [-0.39, 0.29) is 32.0 Å². The van der Waals surface area contributed by atoms with Crippen LogP contribution in [0.4, 0.5) is 5.69 Å². The van der Waals surface area contributed by atoms with E-state index in [1.165, 1.54) is 0 Å². The summed E-state index contributed by atoms with van der Waals surface area (Å²) in [5.74, 6) is 0. The van der Waals surface area contributed by atoms with Crippen LogP contribution in [0.5, 0.6) is 0 Å². The first-order chi connectivity index (χ1) is 16.9. The molecule has 3 nitrogen and oxygen atoms in total. The molecule has 3 aromatic carbocycles. The third kappa shape index (κ3) is 6.76. The molecule has 0 unspecified atom stereocenters. The minimum atomic E-state index is -0.581. The van der Waals surface area contributed by atoms with Gasteiger partial charge in [0.1, 0.15) is 0 Å². The molecule has 4 heteroatoms. The van der Waals surface area contributed by atoms with Crippen molar-refractivity contribution >= 4 is 22.2 Å². The van der Waals surface area contributed by atoms with Crippen molar-refractivity contribution in [1.82, 2.24) is 4.98 Å². The number of fused-ring (bicyclic) bond motifs is 1. The van der Waals surface area contributed by atoms with E-state index in [1.807, 2.05) is 24.3 Å². The monoisotopic (exact) mass is 670 g/mol. The molecule has 4 rings (SSSR count). The van der Waals surface area contributed by atoms with Gasteiger partial charge in [0.2, 0.25) is 0 Å². The summed E-state index contributed by atoms with van der Waals surface area (Å²) in [7, 11) is 0. The molecule has 0 aliphatic heterocycles. The predicted octanol–water partition coefficient (Wildman–Crippen LogP) is 9.27. The van der Waals surface area contributed by atoms with Crippen LogP contribution in [-0.4, -0.2) is 16.2 Å². The zero-order valence-electron chi connectivity index (χ0n) is 23.2. The third-order valence-corrected chi connectivity index (χ3v) is 6.02. The first-order valence-corrected chi connectivity index (χ1v) is 12.7. The maximum absolute atomic E-state index is 5.48. The quantitative estimate of drug-likeness (QED) is 0.154. The second-order valence-electron chi connectivity index (χ2n) is 11.9. The summed E-state index contributed by atoms with van der Waals surface area (Å²) >= 11 is 0. The minimum Gasteiger partial charge on any atom is -0.679 e. The Labute approximate surface area is 237 Å². The Hall–Kier alpha value is -2.77. The fourth-order valence-electron chi connectivity index (χ4n) is 4.45. The van der Waals surface area contributed by atoms with Gasteiger partial charge in [-0.15, -0.1) is 47.1 Å². The first kappa shape index (κ1) is 28.8. The molecule has 0 saturated carbocycles. The van der Waals surface area contributed by atoms with Crippen molar-refractivity contribution < 1.29 is 21.1 Å². The van der Waals surface area contributed by atoms with E-state index in [4.69, 9.17) is 15.3 Å². The van der Waals surface area contributed by atoms with Gasteiger partial charge in [0.15, 0.2) is 0 Å². The van der Waals surface area contributed by atoms with Crippen LogP contribution in [0.2, 0.25) is 0 Å². The number of nitrogens with zero attached hydrogens (tertiary/aromatic N) is 3. The molecular formula is C33H37N3Pt. The van der Waals surface area contributed by atoms with Crippen molar-refractivity contribution in [2.24, 2.45) is 10.4 Å². The van der Waals surface area contributed by atoms with Crippen LogP contribution in [0.15, 0.2) is 83.9 Å². The number of benzene rings is 3. The standard InChI is InChI=1S/C33H37N3.Pt/c1-31(2,3)29(26-20-14-15-21-27(26)35-32(4,5)6)36-33(7,8)30-25-19-13-12-18-24(25)22-28(34-30)23-16-10-9-11-17-23;/h9-16,18-22H,1-8H3;/q-2;+2. The molecule has 0 spiro atoms. The van der Waals surface area contributed by atoms with E-state index >= 15 is 0 Å². The van der Waals surface area contributed by atoms with Crippen LogP contribution < -0.4 is 0 Å². The van der Waals surface area contributed by atoms with E-state index < -0.39 is 5.54 Å². The van der Waals surface area contributed by atoms with Gasteiger partial charge in [-0.05, 0) is 30.5 Å². The normalized spacial score (nSPS) is 12.8. The molecule has 1 aromatic heterocycles. The molecule has 0 N–H and O–H groups in total. The predicted molar refractivity (Wildman–Crippen MR) is 154 cm³/mol. The van der Waals surface area contributed by atoms with Crippen molar-refractivity contribution in [2.75, 3.05) is 0 Å². The average Bonchev–Trinajstić information content (AvgIpc) is 2.81. The van der Waals surface area contributed by atoms with Gasteiger partial charge < -0.3 is 5.32 Å². The number of aromatic nitrogens is 1. The van der Waals surface area contributed by atoms with Crippen LogP contribution >= 0.6 is 0 Å². The molecule has 0 atom stereocenters. The Morgan fingerprint density at radius 3 is 2.11 bits per heavy atom. The largest absolute Gasteiger partial charge is 2.00 e. The first-order valence-electron chi connectivity index (χ1n) is 12.7. The number of para-hydroxylation sites is 1. The zero-order valence-corrected chi connectivity index (χ0v) is 25.4. The Bertz CT molecular complexity index is 1390. The number of rotatable bonds is 5. The van der Waals surface area contributed by atoms with Crippen molar-refractivity contribution in [2.45, 2.75) is 66.5 Å². The fraction of sp³-hybridized carbons (Fsp3) is 0.333. The summed E-state index contributed by atoms with van der Waals surface area (Å²) in [4.78, 5) is 10.7. The molecule has 37 heavy (non-hydrogen) atoms. The summed E-state index contributed by atoms with van der Waals surface area (Å²) in [6.07, 6.45) is 0. The summed E-state index contributed by atoms with van der Waals surface area (Å²) < 4.78 is 0. The van der Waals surface area contributed by atoms with E-state index in [0.717, 1.165) is 44.7 Å². The third-order valence-electron chi connectivity index (χ3n) is 6.02. The van der Waals surface area contributed by atoms with Gasteiger partial charge >= 0.3 is 21.1 Å². The van der Waals surface area contributed by atoms with E-state index in [1.54, 1.807) is 0 Å². The van der Waals surface area contributed by atoms with Crippen LogP contribution in [-0.2, 0) is 26.6 Å². The van der Waals surface area contributed by atoms with Crippen LogP contribution in [0.3, 0.4) is 0 Å². The molecule has 0 bridgehead atoms. The van der Waals surface area contributed by atoms with Crippen LogP contribution in [0.1, 0.15) is 66.6 Å². The molecule has 1 heterocycles. The number of hydrogen-bond acceptors (Lipinski definition) is 2. The van der Waals surface area contributed by atoms with Gasteiger partial charge in [-0.1, -0.05) is 96.1 Å². The van der Waals surface area contributed by atoms with Crippen molar-refractivity contribution in [1.29, 1.82) is 0 Å². The smallest absolute Gasteiger partial charge is 0.679 e. The second-order valence-corrected chi connectivity index (χ2v) is 11.9. The van der Waals surface area contributed by atoms with Gasteiger partial charge in [-0.2, -0.15) is 0 Å². The molecule has 0 amide bonds. The van der Waals surface area contributed by atoms with Gasteiger partial charge in [0.05, 0.1) is 11.2 Å². The Balaban J connectivity index is 0.00000380. The number of pyridine rings is 1. The number of aliphatic imine (C=N–C) groups is 1. The van der Waals surface area contributed by atoms with Gasteiger partial charge in [-0.3, -0.25) is 9.98 Å². The molecule has 0 aliphatic carbocycles. The SMILES string of the molecule is CC(C)(C)[N-]c1ccccc1C(=NC(C)(C)c1nc(-c2[c-]cccc2)cc2ccccc12)C(C)(C)C.[Pt+2]. The Morgan fingerprint density at radius 1 is 0.811 bits per heavy atom. The van der Waals surface area contributed by atoms with Gasteiger partial charge in [-0.25, -0.2) is 0 Å². The number of hydrogen-bond donors (Lipinski definition) is 0. The van der Waals surface area contributed by atoms with Crippen molar-refractivity contribution in [3.63, 3.8) is 0 Å². The average molecular weight is 671 g/mol. The van der Waals surface area contributed by atoms with Gasteiger partial charge in [0, 0.05) is 16.5 Å². The topological polar surface area (TPSA) is 39.4 Å². The van der Waals surface area contributed by atoms with Crippen LogP contribution in [0, 0.1) is 11.5 Å². The van der Waals surface area contributed by atoms with E-state index in [0.29, 0.717) is 0 Å². The molecule has 194 valence electrons. The second kappa shape index (κ2) is 10.9. The van der Waals surface area contributed by atoms with Gasteiger partial charge in [0.25, 0.3) is 0 Å². The molecule has 0 fully saturated rings. The minimum absolute atomic E-state index is 0. The molecular weight excluding hydrogens is 633 g/mol. The van der Waals surface area contributed by atoms with E-state index in [2.05, 4.69) is 116 Å². The maximum Gasteiger partial charge on any atom is 2.00 e. The summed E-state index contributed by atoms with van der Waals surface area (Å²) in [5, 5.41) is 7.30. The maximum atomic E-state index is 5.48. The van der Waals surface area contributed by atoms with Crippen LogP contribution in [0.25, 0.3) is 27.3 Å². The van der Waals surface area contributed by atoms with Crippen molar-refractivity contribution in [3.05, 3.63) is 102 Å². The Kier molecular flexibility index (Phi) is 8.50. The molecule has 4 aromatic rings. The molecule has 0 saturated heterocycles. The summed E-state index contributed by atoms with van der Waals surface area (Å²) in [6, 6.07) is 30.3. The Morgan fingerprint density at radius 2 is 1.46 bits per heavy atom. The fourth-order valence-corrected chi connectivity index (χ4v) is 4.45. The summed E-state index contributed by atoms with van der Waals surface area (Å²) in [5.41, 5.74) is 4.96. The summed E-state index contributed by atoms with van der Waals surface area (Å²) in [6.45, 7) is 17.4. The zero-order chi connectivity index (χ0) is 26.1. The molecule has 0 radical (unpaired) electrons. The molecule has 0 aliphatic rings. The van der Waals surface area contributed by atoms with E-state index in [9.17, 15) is 0 Å². The van der Waals surface area contributed by atoms with Crippen molar-refractivity contribution in [3.8, 4) is 11.3 Å².